The molecule has 0 aliphatic carbocycles. The van der Waals surface area contributed by atoms with Crippen molar-refractivity contribution < 1.29 is 15.6 Å². The molecule has 0 rings (SSSR count). The van der Waals surface area contributed by atoms with Crippen LogP contribution in [0.4, 0.5) is 0 Å². The molecule has 7 heteroatoms. The summed E-state index contributed by atoms with van der Waals surface area (Å²) in [7, 11) is 1.12. The molecule has 124 valence electrons. The van der Waals surface area contributed by atoms with Crippen molar-refractivity contribution in [3.8, 4) is 0 Å². The molecule has 0 amide bonds. The van der Waals surface area contributed by atoms with Gasteiger partial charge in [-0.25, -0.2) is 0 Å². The molecule has 0 fully saturated rings. The van der Waals surface area contributed by atoms with Gasteiger partial charge in [0.25, 0.3) is 0 Å². The standard InChI is InChI=1S/C6H13NOSi.2C4H9NO/c1-3-6(4-9)5(2)7-8;2*1-3-4(2)5-6/h3,6,8H,1,4H2,2,9H3;2*6H,3H2,1-2H3. The predicted octanol–water partition coefficient (Wildman–Crippen LogP) is 2.92. The van der Waals surface area contributed by atoms with Crippen molar-refractivity contribution >= 4 is 27.4 Å². The van der Waals surface area contributed by atoms with Gasteiger partial charge in [0.1, 0.15) is 0 Å². The normalized spacial score (nSPS) is 13.5. The van der Waals surface area contributed by atoms with E-state index in [1.54, 1.807) is 13.8 Å². The predicted molar refractivity (Wildman–Crippen MR) is 93.7 cm³/mol. The molecule has 0 aromatic rings. The number of allylic oxidation sites excluding steroid dienone is 1. The van der Waals surface area contributed by atoms with Crippen LogP contribution in [0.15, 0.2) is 28.1 Å². The van der Waals surface area contributed by atoms with Gasteiger partial charge in [0.05, 0.1) is 17.1 Å². The fraction of sp³-hybridized carbons (Fsp3) is 0.643. The molecule has 0 radical (unpaired) electrons. The van der Waals surface area contributed by atoms with Crippen LogP contribution < -0.4 is 0 Å². The molecule has 1 atom stereocenters. The third-order valence-corrected chi connectivity index (χ3v) is 3.66. The molecule has 0 aromatic heterocycles. The van der Waals surface area contributed by atoms with Crippen molar-refractivity contribution in [3.63, 3.8) is 0 Å². The topological polar surface area (TPSA) is 97.8 Å². The van der Waals surface area contributed by atoms with Crippen molar-refractivity contribution in [3.05, 3.63) is 12.7 Å². The van der Waals surface area contributed by atoms with Crippen LogP contribution in [0.5, 0.6) is 0 Å². The maximum Gasteiger partial charge on any atom is 0.0605 e. The quantitative estimate of drug-likeness (QED) is 0.239. The summed E-state index contributed by atoms with van der Waals surface area (Å²) in [4.78, 5) is 0. The summed E-state index contributed by atoms with van der Waals surface area (Å²) in [5.74, 6) is 0.293. The monoisotopic (exact) mass is 317 g/mol. The third kappa shape index (κ3) is 18.4. The van der Waals surface area contributed by atoms with Gasteiger partial charge in [0, 0.05) is 16.2 Å². The van der Waals surface area contributed by atoms with Gasteiger partial charge in [-0.15, -0.1) is 6.58 Å². The molecule has 0 saturated carbocycles. The van der Waals surface area contributed by atoms with E-state index in [1.807, 2.05) is 26.8 Å². The van der Waals surface area contributed by atoms with Crippen LogP contribution in [0.3, 0.4) is 0 Å². The summed E-state index contributed by atoms with van der Waals surface area (Å²) < 4.78 is 0. The Bertz CT molecular complexity index is 324. The van der Waals surface area contributed by atoms with Crippen molar-refractivity contribution in [1.82, 2.24) is 0 Å². The Hall–Kier alpha value is -1.63. The van der Waals surface area contributed by atoms with E-state index in [0.29, 0.717) is 5.92 Å². The fourth-order valence-corrected chi connectivity index (χ4v) is 1.77. The summed E-state index contributed by atoms with van der Waals surface area (Å²) in [5, 5.41) is 33.1. The number of nitrogens with zero attached hydrogens (tertiary/aromatic N) is 3. The lowest BCUT2D eigenvalue weighted by atomic mass is 10.1. The Morgan fingerprint density at radius 1 is 1.00 bits per heavy atom. The molecule has 0 heterocycles. The Morgan fingerprint density at radius 3 is 1.43 bits per heavy atom. The van der Waals surface area contributed by atoms with E-state index >= 15 is 0 Å². The van der Waals surface area contributed by atoms with Crippen LogP contribution in [0, 0.1) is 5.92 Å². The molecule has 0 spiro atoms. The highest BCUT2D eigenvalue weighted by Gasteiger charge is 2.03. The zero-order chi connectivity index (χ0) is 17.3. The second-order valence-corrected chi connectivity index (χ2v) is 5.19. The summed E-state index contributed by atoms with van der Waals surface area (Å²) >= 11 is 0. The van der Waals surface area contributed by atoms with E-state index in [1.165, 1.54) is 0 Å². The lowest BCUT2D eigenvalue weighted by molar-refractivity contribution is 0.316. The first-order valence-electron chi connectivity index (χ1n) is 7.04. The Morgan fingerprint density at radius 2 is 1.38 bits per heavy atom. The highest BCUT2D eigenvalue weighted by molar-refractivity contribution is 6.11. The Kier molecular flexibility index (Phi) is 21.3. The van der Waals surface area contributed by atoms with Crippen LogP contribution >= 0.6 is 0 Å². The molecule has 0 aliphatic rings. The largest absolute Gasteiger partial charge is 0.411 e. The summed E-state index contributed by atoms with van der Waals surface area (Å²) in [5.41, 5.74) is 2.31. The van der Waals surface area contributed by atoms with Gasteiger partial charge in [-0.05, 0) is 33.6 Å². The molecular formula is C14H31N3O3Si. The molecule has 0 bridgehead atoms. The highest BCUT2D eigenvalue weighted by atomic mass is 28.1. The minimum absolute atomic E-state index is 0.293. The molecule has 21 heavy (non-hydrogen) atoms. The van der Waals surface area contributed by atoms with Gasteiger partial charge < -0.3 is 15.6 Å². The van der Waals surface area contributed by atoms with Gasteiger partial charge in [-0.3, -0.25) is 0 Å². The zero-order valence-electron chi connectivity index (χ0n) is 14.2. The first-order valence-corrected chi connectivity index (χ1v) is 8.45. The average Bonchev–Trinajstić information content (AvgIpc) is 2.55. The van der Waals surface area contributed by atoms with E-state index < -0.39 is 0 Å². The van der Waals surface area contributed by atoms with Gasteiger partial charge in [-0.1, -0.05) is 41.4 Å². The van der Waals surface area contributed by atoms with Crippen LogP contribution in [-0.4, -0.2) is 43.0 Å². The number of oxime groups is 3. The molecular weight excluding hydrogens is 286 g/mol. The average molecular weight is 318 g/mol. The van der Waals surface area contributed by atoms with Crippen LogP contribution in [0.2, 0.25) is 6.04 Å². The second kappa shape index (κ2) is 18.4. The number of rotatable bonds is 5. The summed E-state index contributed by atoms with van der Waals surface area (Å²) in [6, 6.07) is 1.08. The van der Waals surface area contributed by atoms with Crippen LogP contribution in [-0.2, 0) is 0 Å². The minimum atomic E-state index is 0.293. The van der Waals surface area contributed by atoms with E-state index in [-0.39, 0.29) is 0 Å². The minimum Gasteiger partial charge on any atom is -0.411 e. The zero-order valence-corrected chi connectivity index (χ0v) is 16.2. The van der Waals surface area contributed by atoms with Crippen LogP contribution in [0.1, 0.15) is 47.5 Å². The molecule has 0 aliphatic heterocycles. The lowest BCUT2D eigenvalue weighted by Gasteiger charge is -2.04. The van der Waals surface area contributed by atoms with Crippen molar-refractivity contribution in [2.24, 2.45) is 21.4 Å². The number of hydrogen-bond donors (Lipinski definition) is 3. The maximum atomic E-state index is 8.32. The van der Waals surface area contributed by atoms with Gasteiger partial charge in [0.15, 0.2) is 0 Å². The SMILES string of the molecule is C=CC(C[SiH3])C(C)=NO.CCC(C)=NO.CCC(C)=NO. The highest BCUT2D eigenvalue weighted by Crippen LogP contribution is 2.04. The molecule has 0 aromatic carbocycles. The Balaban J connectivity index is -0.000000240. The lowest BCUT2D eigenvalue weighted by Crippen LogP contribution is -2.06. The van der Waals surface area contributed by atoms with Crippen molar-refractivity contribution in [2.45, 2.75) is 53.5 Å². The first kappa shape index (κ1) is 24.4. The maximum absolute atomic E-state index is 8.32. The molecule has 0 saturated heterocycles. The summed E-state index contributed by atoms with van der Waals surface area (Å²) in [6.45, 7) is 12.9. The fourth-order valence-electron chi connectivity index (χ4n) is 0.848. The number of hydrogen-bond acceptors (Lipinski definition) is 6. The molecule has 3 N–H and O–H groups in total. The van der Waals surface area contributed by atoms with E-state index in [9.17, 15) is 0 Å². The van der Waals surface area contributed by atoms with E-state index in [0.717, 1.165) is 46.3 Å². The van der Waals surface area contributed by atoms with Crippen LogP contribution in [0.25, 0.3) is 0 Å². The first-order chi connectivity index (χ1) is 9.87. The van der Waals surface area contributed by atoms with Crippen molar-refractivity contribution in [2.75, 3.05) is 0 Å². The van der Waals surface area contributed by atoms with Crippen molar-refractivity contribution in [1.29, 1.82) is 0 Å². The smallest absolute Gasteiger partial charge is 0.0605 e. The van der Waals surface area contributed by atoms with Gasteiger partial charge >= 0.3 is 0 Å². The second-order valence-electron chi connectivity index (χ2n) is 4.37. The van der Waals surface area contributed by atoms with Gasteiger partial charge in [-0.2, -0.15) is 0 Å². The summed E-state index contributed by atoms with van der Waals surface area (Å²) in [6.07, 6.45) is 3.48. The molecule has 6 nitrogen and oxygen atoms in total. The molecule has 1 unspecified atom stereocenters. The van der Waals surface area contributed by atoms with E-state index in [2.05, 4.69) is 22.0 Å². The third-order valence-electron chi connectivity index (χ3n) is 2.78. The van der Waals surface area contributed by atoms with E-state index in [4.69, 9.17) is 15.6 Å². The Labute approximate surface area is 131 Å². The van der Waals surface area contributed by atoms with Gasteiger partial charge in [0.2, 0.25) is 0 Å².